The van der Waals surface area contributed by atoms with Crippen molar-refractivity contribution in [2.75, 3.05) is 39.4 Å². The van der Waals surface area contributed by atoms with Gasteiger partial charge in [-0.1, -0.05) is 12.1 Å². The molecule has 116 valence electrons. The van der Waals surface area contributed by atoms with E-state index in [4.69, 9.17) is 4.74 Å². The van der Waals surface area contributed by atoms with Crippen LogP contribution in [0.5, 0.6) is 11.5 Å². The molecule has 5 heteroatoms. The largest absolute Gasteiger partial charge is 0.504 e. The number of hydrogen-bond donors (Lipinski definition) is 3. The number of rotatable bonds is 3. The quantitative estimate of drug-likeness (QED) is 0.736. The van der Waals surface area contributed by atoms with Crippen molar-refractivity contribution in [3.05, 3.63) is 23.8 Å². The van der Waals surface area contributed by atoms with E-state index in [2.05, 4.69) is 10.2 Å². The first-order valence-corrected chi connectivity index (χ1v) is 7.80. The van der Waals surface area contributed by atoms with Crippen LogP contribution in [0.15, 0.2) is 18.2 Å². The van der Waals surface area contributed by atoms with E-state index in [9.17, 15) is 10.2 Å². The Kier molecular flexibility index (Phi) is 4.63. The molecule has 1 aromatic rings. The SMILES string of the molecule is Oc1cccc([C@H](C2CCOCC2)N2CCNCC2)c1O. The lowest BCUT2D eigenvalue weighted by molar-refractivity contribution is 0.0205. The van der Waals surface area contributed by atoms with Gasteiger partial charge in [-0.05, 0) is 24.8 Å². The number of para-hydroxylation sites is 1. The third-order valence-corrected chi connectivity index (χ3v) is 4.62. The zero-order valence-electron chi connectivity index (χ0n) is 12.3. The number of piperazine rings is 1. The molecule has 0 amide bonds. The fourth-order valence-corrected chi connectivity index (χ4v) is 3.53. The fourth-order valence-electron chi connectivity index (χ4n) is 3.53. The molecule has 2 aliphatic heterocycles. The number of ether oxygens (including phenoxy) is 1. The number of phenols is 2. The molecule has 1 aromatic carbocycles. The topological polar surface area (TPSA) is 65.0 Å². The van der Waals surface area contributed by atoms with Crippen molar-refractivity contribution in [1.82, 2.24) is 10.2 Å². The van der Waals surface area contributed by atoms with Crippen LogP contribution < -0.4 is 5.32 Å². The van der Waals surface area contributed by atoms with Crippen LogP contribution in [0.25, 0.3) is 0 Å². The van der Waals surface area contributed by atoms with E-state index >= 15 is 0 Å². The van der Waals surface area contributed by atoms with Crippen molar-refractivity contribution in [3.8, 4) is 11.5 Å². The molecule has 2 aliphatic rings. The van der Waals surface area contributed by atoms with Gasteiger partial charge in [-0.15, -0.1) is 0 Å². The molecule has 5 nitrogen and oxygen atoms in total. The van der Waals surface area contributed by atoms with Gasteiger partial charge >= 0.3 is 0 Å². The van der Waals surface area contributed by atoms with Crippen LogP contribution in [-0.4, -0.2) is 54.5 Å². The molecular formula is C16H24N2O3. The number of phenolic OH excluding ortho intramolecular Hbond substituents is 2. The van der Waals surface area contributed by atoms with Crippen molar-refractivity contribution < 1.29 is 14.9 Å². The van der Waals surface area contributed by atoms with Crippen LogP contribution >= 0.6 is 0 Å². The fraction of sp³-hybridized carbons (Fsp3) is 0.625. The maximum absolute atomic E-state index is 10.3. The predicted molar refractivity (Wildman–Crippen MR) is 80.5 cm³/mol. The number of nitrogens with zero attached hydrogens (tertiary/aromatic N) is 1. The molecule has 0 bridgehead atoms. The average Bonchev–Trinajstić information content (AvgIpc) is 2.54. The Morgan fingerprint density at radius 1 is 1.14 bits per heavy atom. The molecule has 0 radical (unpaired) electrons. The summed E-state index contributed by atoms with van der Waals surface area (Å²) in [6.45, 7) is 5.45. The highest BCUT2D eigenvalue weighted by Crippen LogP contribution is 2.42. The highest BCUT2D eigenvalue weighted by atomic mass is 16.5. The highest BCUT2D eigenvalue weighted by molar-refractivity contribution is 5.46. The van der Waals surface area contributed by atoms with Crippen LogP contribution in [-0.2, 0) is 4.74 Å². The molecule has 0 aliphatic carbocycles. The normalized spacial score (nSPS) is 23.0. The lowest BCUT2D eigenvalue weighted by atomic mass is 9.85. The van der Waals surface area contributed by atoms with Crippen LogP contribution in [0.3, 0.4) is 0 Å². The van der Waals surface area contributed by atoms with Gasteiger partial charge in [0.05, 0.1) is 0 Å². The molecule has 21 heavy (non-hydrogen) atoms. The summed E-state index contributed by atoms with van der Waals surface area (Å²) < 4.78 is 5.48. The van der Waals surface area contributed by atoms with Gasteiger partial charge in [0, 0.05) is 51.0 Å². The van der Waals surface area contributed by atoms with Crippen molar-refractivity contribution in [2.45, 2.75) is 18.9 Å². The van der Waals surface area contributed by atoms with Crippen molar-refractivity contribution in [1.29, 1.82) is 0 Å². The van der Waals surface area contributed by atoms with E-state index in [0.29, 0.717) is 5.92 Å². The van der Waals surface area contributed by atoms with E-state index < -0.39 is 0 Å². The summed E-state index contributed by atoms with van der Waals surface area (Å²) in [5.41, 5.74) is 0.851. The lowest BCUT2D eigenvalue weighted by Crippen LogP contribution is -2.47. The van der Waals surface area contributed by atoms with E-state index in [1.54, 1.807) is 0 Å². The van der Waals surface area contributed by atoms with Gasteiger partial charge in [-0.2, -0.15) is 0 Å². The molecule has 0 unspecified atom stereocenters. The minimum atomic E-state index is -0.0281. The van der Waals surface area contributed by atoms with Crippen molar-refractivity contribution >= 4 is 0 Å². The van der Waals surface area contributed by atoms with Gasteiger partial charge in [-0.25, -0.2) is 0 Å². The third kappa shape index (κ3) is 3.15. The Bertz CT molecular complexity index is 451. The van der Waals surface area contributed by atoms with Gasteiger partial charge in [-0.3, -0.25) is 4.90 Å². The summed E-state index contributed by atoms with van der Waals surface area (Å²) >= 11 is 0. The van der Waals surface area contributed by atoms with Crippen LogP contribution in [0, 0.1) is 5.92 Å². The maximum Gasteiger partial charge on any atom is 0.162 e. The smallest absolute Gasteiger partial charge is 0.162 e. The molecule has 0 aromatic heterocycles. The maximum atomic E-state index is 10.3. The van der Waals surface area contributed by atoms with E-state index in [1.165, 1.54) is 6.07 Å². The second-order valence-corrected chi connectivity index (χ2v) is 5.90. The van der Waals surface area contributed by atoms with E-state index in [1.807, 2.05) is 12.1 Å². The molecule has 0 spiro atoms. The Morgan fingerprint density at radius 2 is 1.86 bits per heavy atom. The van der Waals surface area contributed by atoms with Crippen LogP contribution in [0.1, 0.15) is 24.4 Å². The number of nitrogens with one attached hydrogen (secondary N) is 1. The number of aromatic hydroxyl groups is 2. The first kappa shape index (κ1) is 14.6. The first-order chi connectivity index (χ1) is 10.3. The molecule has 1 atom stereocenters. The molecule has 3 N–H and O–H groups in total. The third-order valence-electron chi connectivity index (χ3n) is 4.62. The molecular weight excluding hydrogens is 268 g/mol. The zero-order valence-corrected chi connectivity index (χ0v) is 12.3. The summed E-state index contributed by atoms with van der Waals surface area (Å²) in [5.74, 6) is 0.469. The average molecular weight is 292 g/mol. The molecule has 0 saturated carbocycles. The molecule has 3 rings (SSSR count). The Labute approximate surface area is 125 Å². The van der Waals surface area contributed by atoms with Crippen LogP contribution in [0.4, 0.5) is 0 Å². The van der Waals surface area contributed by atoms with Gasteiger partial charge in [0.2, 0.25) is 0 Å². The lowest BCUT2D eigenvalue weighted by Gasteiger charge is -2.41. The first-order valence-electron chi connectivity index (χ1n) is 7.80. The Morgan fingerprint density at radius 3 is 2.57 bits per heavy atom. The Hall–Kier alpha value is -1.30. The summed E-state index contributed by atoms with van der Waals surface area (Å²) in [6, 6.07) is 5.46. The second kappa shape index (κ2) is 6.64. The minimum absolute atomic E-state index is 0.0281. The number of benzene rings is 1. The molecule has 2 heterocycles. The number of hydrogen-bond acceptors (Lipinski definition) is 5. The summed E-state index contributed by atoms with van der Waals surface area (Å²) in [4.78, 5) is 2.43. The van der Waals surface area contributed by atoms with E-state index in [0.717, 1.165) is 57.8 Å². The zero-order chi connectivity index (χ0) is 14.7. The molecule has 2 fully saturated rings. The predicted octanol–water partition coefficient (Wildman–Crippen LogP) is 1.47. The Balaban J connectivity index is 1.91. The standard InChI is InChI=1S/C16H24N2O3/c19-14-3-1-2-13(16(14)20)15(12-4-10-21-11-5-12)18-8-6-17-7-9-18/h1-3,12,15,17,19-20H,4-11H2/t15-/m0/s1. The summed E-state index contributed by atoms with van der Waals surface area (Å²) in [7, 11) is 0. The van der Waals surface area contributed by atoms with Crippen LogP contribution in [0.2, 0.25) is 0 Å². The van der Waals surface area contributed by atoms with Gasteiger partial charge < -0.3 is 20.3 Å². The van der Waals surface area contributed by atoms with E-state index in [-0.39, 0.29) is 17.5 Å². The van der Waals surface area contributed by atoms with Crippen molar-refractivity contribution in [2.24, 2.45) is 5.92 Å². The highest BCUT2D eigenvalue weighted by Gasteiger charge is 2.33. The van der Waals surface area contributed by atoms with Crippen molar-refractivity contribution in [3.63, 3.8) is 0 Å². The molecule has 2 saturated heterocycles. The summed E-state index contributed by atoms with van der Waals surface area (Å²) in [6.07, 6.45) is 2.01. The summed E-state index contributed by atoms with van der Waals surface area (Å²) in [5, 5.41) is 23.5. The van der Waals surface area contributed by atoms with Gasteiger partial charge in [0.15, 0.2) is 11.5 Å². The van der Waals surface area contributed by atoms with Gasteiger partial charge in [0.1, 0.15) is 0 Å². The van der Waals surface area contributed by atoms with Gasteiger partial charge in [0.25, 0.3) is 0 Å². The second-order valence-electron chi connectivity index (χ2n) is 5.90. The monoisotopic (exact) mass is 292 g/mol. The minimum Gasteiger partial charge on any atom is -0.504 e.